The molecule has 0 fully saturated rings. The van der Waals surface area contributed by atoms with Crippen LogP contribution in [-0.4, -0.2) is 24.1 Å². The zero-order valence-electron chi connectivity index (χ0n) is 33.9. The highest BCUT2D eigenvalue weighted by atomic mass is 15.0. The second kappa shape index (κ2) is 14.6. The van der Waals surface area contributed by atoms with Crippen molar-refractivity contribution in [3.05, 3.63) is 198 Å². The van der Waals surface area contributed by atoms with Gasteiger partial charge in [0.1, 0.15) is 6.07 Å². The van der Waals surface area contributed by atoms with Crippen LogP contribution in [-0.2, 0) is 0 Å². The number of fused-ring (bicyclic) bond motifs is 6. The van der Waals surface area contributed by atoms with Gasteiger partial charge in [-0.2, -0.15) is 10.5 Å². The summed E-state index contributed by atoms with van der Waals surface area (Å²) >= 11 is 0. The molecule has 0 radical (unpaired) electrons. The van der Waals surface area contributed by atoms with Gasteiger partial charge in [0, 0.05) is 49.4 Å². The first-order chi connectivity index (χ1) is 30.5. The molecule has 0 bridgehead atoms. The van der Waals surface area contributed by atoms with Gasteiger partial charge >= 0.3 is 0 Å². The number of rotatable bonds is 6. The molecule has 0 saturated heterocycles. The molecule has 0 unspecified atom stereocenters. The van der Waals surface area contributed by atoms with Crippen molar-refractivity contribution >= 4 is 43.6 Å². The lowest BCUT2D eigenvalue weighted by Crippen LogP contribution is -2.03. The monoisotopic (exact) mass is 793 g/mol. The molecule has 0 atom stereocenters. The molecule has 11 rings (SSSR count). The van der Waals surface area contributed by atoms with Crippen LogP contribution in [0, 0.1) is 36.5 Å². The molecule has 7 nitrogen and oxygen atoms in total. The van der Waals surface area contributed by atoms with E-state index >= 15 is 0 Å². The molecule has 0 N–H and O–H groups in total. The molecule has 11 aromatic rings. The van der Waals surface area contributed by atoms with E-state index in [-0.39, 0.29) is 0 Å². The average Bonchev–Trinajstić information content (AvgIpc) is 3.83. The van der Waals surface area contributed by atoms with E-state index in [4.69, 9.17) is 15.0 Å². The van der Waals surface area contributed by atoms with Crippen molar-refractivity contribution in [3.63, 3.8) is 0 Å². The van der Waals surface area contributed by atoms with Crippen molar-refractivity contribution in [1.29, 1.82) is 10.5 Å². The molecule has 290 valence electrons. The molecule has 0 aliphatic rings. The zero-order valence-corrected chi connectivity index (χ0v) is 33.9. The topological polar surface area (TPSA) is 96.1 Å². The maximum atomic E-state index is 10.7. The van der Waals surface area contributed by atoms with E-state index < -0.39 is 0 Å². The molecule has 0 spiro atoms. The summed E-state index contributed by atoms with van der Waals surface area (Å²) in [5, 5.41) is 25.7. The molecular weight excluding hydrogens is 759 g/mol. The van der Waals surface area contributed by atoms with Crippen LogP contribution < -0.4 is 0 Å². The Morgan fingerprint density at radius 1 is 0.371 bits per heavy atom. The molecule has 0 aliphatic carbocycles. The first-order valence-electron chi connectivity index (χ1n) is 20.5. The highest BCUT2D eigenvalue weighted by molar-refractivity contribution is 6.11. The minimum absolute atomic E-state index is 0.440. The fourth-order valence-electron chi connectivity index (χ4n) is 8.90. The summed E-state index contributed by atoms with van der Waals surface area (Å²) in [5.41, 5.74) is 13.3. The van der Waals surface area contributed by atoms with Crippen molar-refractivity contribution in [3.8, 4) is 68.8 Å². The van der Waals surface area contributed by atoms with E-state index in [0.29, 0.717) is 34.2 Å². The third kappa shape index (κ3) is 5.92. The fourth-order valence-corrected chi connectivity index (χ4v) is 8.90. The van der Waals surface area contributed by atoms with Gasteiger partial charge in [-0.3, -0.25) is 0 Å². The summed E-state index contributed by atoms with van der Waals surface area (Å²) < 4.78 is 4.45. The minimum Gasteiger partial charge on any atom is -0.309 e. The predicted molar refractivity (Wildman–Crippen MR) is 249 cm³/mol. The number of hydrogen-bond acceptors (Lipinski definition) is 5. The SMILES string of the molecule is Cc1ccc2c(c1)c1ccccc1n2-c1ccc(-c2nc(-c3ccccc3)nc(-c3ccc(-n4c5ccccc5c5cc(C)ccc54)c(-c4ccccc4C#N)c3)n2)cc1C#N. The van der Waals surface area contributed by atoms with Crippen molar-refractivity contribution in [2.75, 3.05) is 0 Å². The van der Waals surface area contributed by atoms with E-state index in [1.165, 1.54) is 11.1 Å². The summed E-state index contributed by atoms with van der Waals surface area (Å²) in [5.74, 6) is 1.41. The number of aromatic nitrogens is 5. The van der Waals surface area contributed by atoms with E-state index in [1.807, 2.05) is 84.9 Å². The Bertz CT molecular complexity index is 3690. The maximum Gasteiger partial charge on any atom is 0.164 e. The fraction of sp³-hybridized carbons (Fsp3) is 0.0364. The molecule has 0 saturated carbocycles. The Kier molecular flexibility index (Phi) is 8.56. The van der Waals surface area contributed by atoms with Crippen molar-refractivity contribution in [2.45, 2.75) is 13.8 Å². The lowest BCUT2D eigenvalue weighted by Gasteiger charge is -2.17. The first kappa shape index (κ1) is 36.4. The number of para-hydroxylation sites is 2. The molecule has 0 aliphatic heterocycles. The third-order valence-electron chi connectivity index (χ3n) is 11.8. The summed E-state index contributed by atoms with van der Waals surface area (Å²) in [4.78, 5) is 15.3. The van der Waals surface area contributed by atoms with Gasteiger partial charge in [0.05, 0.1) is 50.6 Å². The summed E-state index contributed by atoms with van der Waals surface area (Å²) in [7, 11) is 0. The molecule has 62 heavy (non-hydrogen) atoms. The molecule has 8 aromatic carbocycles. The van der Waals surface area contributed by atoms with Crippen LogP contribution in [0.15, 0.2) is 176 Å². The highest BCUT2D eigenvalue weighted by Crippen LogP contribution is 2.40. The normalized spacial score (nSPS) is 11.4. The van der Waals surface area contributed by atoms with Gasteiger partial charge in [-0.25, -0.2) is 15.0 Å². The summed E-state index contributed by atoms with van der Waals surface area (Å²) in [6.45, 7) is 4.21. The van der Waals surface area contributed by atoms with Crippen molar-refractivity contribution < 1.29 is 0 Å². The molecule has 7 heteroatoms. The lowest BCUT2D eigenvalue weighted by atomic mass is 9.96. The predicted octanol–water partition coefficient (Wildman–Crippen LogP) is 13.1. The Labute approximate surface area is 357 Å². The summed E-state index contributed by atoms with van der Waals surface area (Å²) in [6.07, 6.45) is 0. The number of aryl methyl sites for hydroxylation is 2. The Morgan fingerprint density at radius 2 is 0.855 bits per heavy atom. The van der Waals surface area contributed by atoms with Crippen molar-refractivity contribution in [2.24, 2.45) is 0 Å². The largest absolute Gasteiger partial charge is 0.309 e. The van der Waals surface area contributed by atoms with Crippen LogP contribution in [0.3, 0.4) is 0 Å². The number of nitriles is 2. The minimum atomic E-state index is 0.440. The molecule has 3 aromatic heterocycles. The molecule has 3 heterocycles. The Balaban J connectivity index is 1.12. The van der Waals surface area contributed by atoms with Crippen molar-refractivity contribution in [1.82, 2.24) is 24.1 Å². The quantitative estimate of drug-likeness (QED) is 0.167. The number of benzene rings is 8. The standard InChI is InChI=1S/C55H35N7/c1-34-20-24-50-44(28-34)42-16-8-10-18-48(42)61(50)47-26-22-37(30-40(47)33-57)54-58-53(36-12-4-3-5-13-36)59-55(60-54)38-23-27-52(46(31-38)41-15-7-6-14-39(41)32-56)62-49-19-11-9-17-43(49)45-29-35(2)21-25-51(45)62/h3-31H,1-2H3. The van der Waals surface area contributed by atoms with Gasteiger partial charge in [0.15, 0.2) is 17.5 Å². The van der Waals surface area contributed by atoms with E-state index in [9.17, 15) is 10.5 Å². The van der Waals surface area contributed by atoms with Crippen LogP contribution in [0.1, 0.15) is 22.3 Å². The molecule has 0 amide bonds. The van der Waals surface area contributed by atoms with Gasteiger partial charge in [-0.1, -0.05) is 108 Å². The highest BCUT2D eigenvalue weighted by Gasteiger charge is 2.21. The number of hydrogen-bond donors (Lipinski definition) is 0. The van der Waals surface area contributed by atoms with Gasteiger partial charge in [-0.15, -0.1) is 0 Å². The maximum absolute atomic E-state index is 10.7. The average molecular weight is 794 g/mol. The Hall–Kier alpha value is -8.65. The first-order valence-corrected chi connectivity index (χ1v) is 20.5. The zero-order chi connectivity index (χ0) is 41.9. The van der Waals surface area contributed by atoms with Gasteiger partial charge in [-0.05, 0) is 92.7 Å². The Morgan fingerprint density at radius 3 is 1.47 bits per heavy atom. The smallest absolute Gasteiger partial charge is 0.164 e. The lowest BCUT2D eigenvalue weighted by molar-refractivity contribution is 1.07. The van der Waals surface area contributed by atoms with Crippen LogP contribution in [0.2, 0.25) is 0 Å². The van der Waals surface area contributed by atoms with E-state index in [2.05, 4.69) is 126 Å². The van der Waals surface area contributed by atoms with E-state index in [1.54, 1.807) is 0 Å². The van der Waals surface area contributed by atoms with Gasteiger partial charge < -0.3 is 9.13 Å². The van der Waals surface area contributed by atoms with Crippen LogP contribution >= 0.6 is 0 Å². The van der Waals surface area contributed by atoms with E-state index in [0.717, 1.165) is 77.2 Å². The van der Waals surface area contributed by atoms with Crippen LogP contribution in [0.25, 0.3) is 100 Å². The number of nitrogens with zero attached hydrogens (tertiary/aromatic N) is 7. The van der Waals surface area contributed by atoms with Crippen LogP contribution in [0.4, 0.5) is 0 Å². The van der Waals surface area contributed by atoms with Gasteiger partial charge in [0.25, 0.3) is 0 Å². The molecular formula is C55H35N7. The summed E-state index contributed by atoms with van der Waals surface area (Å²) in [6, 6.07) is 64.3. The second-order valence-corrected chi connectivity index (χ2v) is 15.7. The third-order valence-corrected chi connectivity index (χ3v) is 11.8. The second-order valence-electron chi connectivity index (χ2n) is 15.7. The van der Waals surface area contributed by atoms with Gasteiger partial charge in [0.2, 0.25) is 0 Å². The van der Waals surface area contributed by atoms with Crippen LogP contribution in [0.5, 0.6) is 0 Å².